The summed E-state index contributed by atoms with van der Waals surface area (Å²) in [5.41, 5.74) is 3.03. The minimum atomic E-state index is -6.00. The van der Waals surface area contributed by atoms with Crippen molar-refractivity contribution in [3.8, 4) is 0 Å². The molecule has 0 atom stereocenters. The van der Waals surface area contributed by atoms with Crippen LogP contribution in [0.4, 0.5) is 17.3 Å². The molecule has 0 spiro atoms. The lowest BCUT2D eigenvalue weighted by Gasteiger charge is -2.07. The second kappa shape index (κ2) is 16.1. The Morgan fingerprint density at radius 2 is 1.33 bits per heavy atom. The van der Waals surface area contributed by atoms with E-state index in [0.29, 0.717) is 10.9 Å². The maximum Gasteiger partial charge on any atom is 0.673 e. The lowest BCUT2D eigenvalue weighted by molar-refractivity contribution is 0.368. The quantitative estimate of drug-likeness (QED) is 0.156. The largest absolute Gasteiger partial charge is 0.673 e. The molecule has 0 fully saturated rings. The van der Waals surface area contributed by atoms with Gasteiger partial charge in [-0.2, -0.15) is 0 Å². The van der Waals surface area contributed by atoms with Crippen LogP contribution >= 0.6 is 0 Å². The van der Waals surface area contributed by atoms with Gasteiger partial charge in [0.15, 0.2) is 0 Å². The zero-order chi connectivity index (χ0) is 19.0. The van der Waals surface area contributed by atoms with Gasteiger partial charge in [-0.3, -0.25) is 0 Å². The summed E-state index contributed by atoms with van der Waals surface area (Å²) < 4.78 is 39.0. The highest BCUT2D eigenvalue weighted by molar-refractivity contribution is 7.96. The molecule has 0 N–H and O–H groups in total. The Labute approximate surface area is 149 Å². The Hall–Kier alpha value is -0.385. The van der Waals surface area contributed by atoms with Gasteiger partial charge >= 0.3 is 7.25 Å². The van der Waals surface area contributed by atoms with E-state index in [0.717, 1.165) is 0 Å². The number of halogens is 4. The van der Waals surface area contributed by atoms with Gasteiger partial charge in [0.05, 0.1) is 0 Å². The van der Waals surface area contributed by atoms with E-state index < -0.39 is 7.25 Å². The summed E-state index contributed by atoms with van der Waals surface area (Å²) >= 11 is 0. The average molecular weight is 370 g/mol. The molecule has 0 amide bonds. The van der Waals surface area contributed by atoms with Crippen molar-refractivity contribution in [1.82, 2.24) is 0 Å². The maximum atomic E-state index is 9.75. The van der Waals surface area contributed by atoms with Gasteiger partial charge in [-0.05, 0) is 63.4 Å². The summed E-state index contributed by atoms with van der Waals surface area (Å²) in [4.78, 5) is 0. The van der Waals surface area contributed by atoms with Gasteiger partial charge in [0, 0.05) is 0 Å². The molecule has 0 rings (SSSR count). The van der Waals surface area contributed by atoms with Crippen molar-refractivity contribution in [2.75, 3.05) is 17.3 Å². The molecule has 24 heavy (non-hydrogen) atoms. The fourth-order valence-corrected chi connectivity index (χ4v) is 4.37. The topological polar surface area (TPSA) is 0 Å². The van der Waals surface area contributed by atoms with Gasteiger partial charge in [-0.25, -0.2) is 0 Å². The number of rotatable bonds is 11. The van der Waals surface area contributed by atoms with Crippen LogP contribution in [0.25, 0.3) is 0 Å². The summed E-state index contributed by atoms with van der Waals surface area (Å²) in [7, 11) is -5.35. The number of unbranched alkanes of at least 4 members (excludes halogenated alkanes) is 2. The van der Waals surface area contributed by atoms with Gasteiger partial charge in [0.2, 0.25) is 0 Å². The van der Waals surface area contributed by atoms with E-state index in [-0.39, 0.29) is 0 Å². The molecule has 0 aromatic carbocycles. The third-order valence-electron chi connectivity index (χ3n) is 3.33. The van der Waals surface area contributed by atoms with E-state index in [9.17, 15) is 17.3 Å². The van der Waals surface area contributed by atoms with Crippen molar-refractivity contribution >= 4 is 18.1 Å². The summed E-state index contributed by atoms with van der Waals surface area (Å²) in [5, 5.41) is 0. The Morgan fingerprint density at radius 1 is 0.875 bits per heavy atom. The van der Waals surface area contributed by atoms with E-state index in [1.165, 1.54) is 61.4 Å². The molecule has 0 aliphatic rings. The van der Waals surface area contributed by atoms with Crippen LogP contribution in [0.2, 0.25) is 0 Å². The third kappa shape index (κ3) is 26.5. The molecule has 0 aromatic rings. The van der Waals surface area contributed by atoms with Gasteiger partial charge in [0.25, 0.3) is 0 Å². The molecule has 0 bridgehead atoms. The predicted octanol–water partition coefficient (Wildman–Crippen LogP) is 7.20. The van der Waals surface area contributed by atoms with Crippen LogP contribution in [0.5, 0.6) is 0 Å². The van der Waals surface area contributed by atoms with Crippen LogP contribution in [-0.4, -0.2) is 24.5 Å². The fourth-order valence-electron chi connectivity index (χ4n) is 1.92. The number of hydrogen-bond donors (Lipinski definition) is 0. The lowest BCUT2D eigenvalue weighted by Crippen LogP contribution is -2.15. The minimum Gasteiger partial charge on any atom is -0.418 e. The molecule has 0 aliphatic carbocycles. The molecule has 0 saturated carbocycles. The van der Waals surface area contributed by atoms with Crippen molar-refractivity contribution in [2.45, 2.75) is 73.1 Å². The van der Waals surface area contributed by atoms with Crippen molar-refractivity contribution in [2.24, 2.45) is 0 Å². The van der Waals surface area contributed by atoms with Gasteiger partial charge in [0.1, 0.15) is 17.3 Å². The van der Waals surface area contributed by atoms with Crippen LogP contribution in [-0.2, 0) is 10.9 Å². The first-order valence-electron chi connectivity index (χ1n) is 8.90. The Kier molecular flexibility index (Phi) is 17.3. The zero-order valence-corrected chi connectivity index (χ0v) is 16.8. The van der Waals surface area contributed by atoms with Crippen molar-refractivity contribution < 1.29 is 17.3 Å². The molecule has 0 nitrogen and oxygen atoms in total. The normalized spacial score (nSPS) is 12.0. The minimum absolute atomic E-state index is 0.649. The SMILES string of the molecule is CCCC[S+](C/C=C(\C)CCC=C(C)C)CCCC.F[B-](F)(F)F. The number of hydrogen-bond acceptors (Lipinski definition) is 0. The fraction of sp³-hybridized carbons (Fsp3) is 0.778. The lowest BCUT2D eigenvalue weighted by atomic mass is 10.1. The highest BCUT2D eigenvalue weighted by atomic mass is 32.2. The van der Waals surface area contributed by atoms with E-state index in [4.69, 9.17) is 0 Å². The first-order valence-corrected chi connectivity index (χ1v) is 10.6. The summed E-state index contributed by atoms with van der Waals surface area (Å²) in [6.45, 7) is 11.3. The molecule has 0 saturated heterocycles. The van der Waals surface area contributed by atoms with Crippen LogP contribution < -0.4 is 0 Å². The summed E-state index contributed by atoms with van der Waals surface area (Å²) in [6.07, 6.45) is 12.8. The van der Waals surface area contributed by atoms with Crippen LogP contribution in [0.3, 0.4) is 0 Å². The molecule has 0 heterocycles. The van der Waals surface area contributed by atoms with Crippen LogP contribution in [0.15, 0.2) is 23.3 Å². The van der Waals surface area contributed by atoms with E-state index in [1.807, 2.05) is 0 Å². The molecule has 6 heteroatoms. The monoisotopic (exact) mass is 370 g/mol. The first-order chi connectivity index (χ1) is 11.1. The molecule has 0 radical (unpaired) electrons. The van der Waals surface area contributed by atoms with Gasteiger partial charge in [-0.1, -0.05) is 43.9 Å². The first kappa shape index (κ1) is 25.9. The van der Waals surface area contributed by atoms with Crippen molar-refractivity contribution in [3.05, 3.63) is 23.3 Å². The average Bonchev–Trinajstić information content (AvgIpc) is 2.44. The summed E-state index contributed by atoms with van der Waals surface area (Å²) in [6, 6.07) is 0. The van der Waals surface area contributed by atoms with Crippen molar-refractivity contribution in [1.29, 1.82) is 0 Å². The number of allylic oxidation sites excluding steroid dienone is 3. The third-order valence-corrected chi connectivity index (χ3v) is 5.70. The smallest absolute Gasteiger partial charge is 0.418 e. The highest BCUT2D eigenvalue weighted by Crippen LogP contribution is 2.11. The van der Waals surface area contributed by atoms with Gasteiger partial charge < -0.3 is 17.3 Å². The molecule has 0 aliphatic heterocycles. The zero-order valence-electron chi connectivity index (χ0n) is 16.0. The highest BCUT2D eigenvalue weighted by Gasteiger charge is 2.20. The van der Waals surface area contributed by atoms with Crippen molar-refractivity contribution in [3.63, 3.8) is 0 Å². The summed E-state index contributed by atoms with van der Waals surface area (Å²) in [5.74, 6) is 4.24. The second-order valence-corrected chi connectivity index (χ2v) is 8.63. The van der Waals surface area contributed by atoms with E-state index in [2.05, 4.69) is 46.8 Å². The van der Waals surface area contributed by atoms with Gasteiger partial charge in [-0.15, -0.1) is 0 Å². The van der Waals surface area contributed by atoms with E-state index in [1.54, 1.807) is 5.57 Å². The predicted molar refractivity (Wildman–Crippen MR) is 104 cm³/mol. The maximum absolute atomic E-state index is 9.75. The van der Waals surface area contributed by atoms with Crippen LogP contribution in [0, 0.1) is 0 Å². The molecule has 144 valence electrons. The Bertz CT molecular complexity index is 333. The molecular formula is C18H35BF4S. The molecular weight excluding hydrogens is 335 g/mol. The second-order valence-electron chi connectivity index (χ2n) is 6.26. The molecule has 0 unspecified atom stereocenters. The Balaban J connectivity index is 0. The molecule has 0 aromatic heterocycles. The van der Waals surface area contributed by atoms with E-state index >= 15 is 0 Å². The Morgan fingerprint density at radius 3 is 1.71 bits per heavy atom. The standard InChI is InChI=1S/C18H35S.BF4/c1-6-8-14-19(15-9-7-2)16-13-18(5)12-10-11-17(3)4;2-1(3,4)5/h11,13H,6-10,12,14-16H2,1-5H3;/q+1;-1/b18-13+;. The van der Waals surface area contributed by atoms with Crippen LogP contribution in [0.1, 0.15) is 73.1 Å².